The van der Waals surface area contributed by atoms with Crippen molar-refractivity contribution in [2.24, 2.45) is 5.92 Å². The predicted molar refractivity (Wildman–Crippen MR) is 74.2 cm³/mol. The lowest BCUT2D eigenvalue weighted by Gasteiger charge is -2.23. The van der Waals surface area contributed by atoms with Crippen LogP contribution in [0.4, 0.5) is 14.9 Å². The van der Waals surface area contributed by atoms with Gasteiger partial charge in [0.05, 0.1) is 5.92 Å². The smallest absolute Gasteiger partial charge is 0.321 e. The number of aryl methyl sites for hydroxylation is 1. The molecule has 110 valence electrons. The van der Waals surface area contributed by atoms with E-state index in [1.165, 1.54) is 17.9 Å². The van der Waals surface area contributed by atoms with E-state index in [1.54, 1.807) is 26.0 Å². The number of rotatable bonds is 5. The van der Waals surface area contributed by atoms with Gasteiger partial charge in [0, 0.05) is 18.8 Å². The second kappa shape index (κ2) is 6.88. The van der Waals surface area contributed by atoms with Gasteiger partial charge in [-0.1, -0.05) is 13.0 Å². The highest BCUT2D eigenvalue weighted by Crippen LogP contribution is 2.14. The number of urea groups is 1. The summed E-state index contributed by atoms with van der Waals surface area (Å²) in [6, 6.07) is 3.97. The molecule has 0 heterocycles. The van der Waals surface area contributed by atoms with E-state index in [0.29, 0.717) is 17.8 Å². The molecule has 0 bridgehead atoms. The van der Waals surface area contributed by atoms with Crippen molar-refractivity contribution in [2.45, 2.75) is 20.8 Å². The molecule has 0 aliphatic carbocycles. The van der Waals surface area contributed by atoms with Crippen molar-refractivity contribution in [1.29, 1.82) is 0 Å². The zero-order chi connectivity index (χ0) is 15.3. The molecule has 2 amide bonds. The highest BCUT2D eigenvalue weighted by molar-refractivity contribution is 5.89. The summed E-state index contributed by atoms with van der Waals surface area (Å²) in [4.78, 5) is 24.2. The Morgan fingerprint density at radius 3 is 2.60 bits per heavy atom. The van der Waals surface area contributed by atoms with Crippen LogP contribution >= 0.6 is 0 Å². The Morgan fingerprint density at radius 2 is 2.10 bits per heavy atom. The van der Waals surface area contributed by atoms with Gasteiger partial charge in [-0.25, -0.2) is 9.18 Å². The van der Waals surface area contributed by atoms with Crippen molar-refractivity contribution in [1.82, 2.24) is 4.90 Å². The summed E-state index contributed by atoms with van der Waals surface area (Å²) in [7, 11) is 0. The van der Waals surface area contributed by atoms with Crippen LogP contribution in [0.5, 0.6) is 0 Å². The number of halogens is 1. The lowest BCUT2D eigenvalue weighted by atomic mass is 10.2. The first-order valence-electron chi connectivity index (χ1n) is 6.40. The molecule has 0 aliphatic rings. The van der Waals surface area contributed by atoms with Gasteiger partial charge in [-0.05, 0) is 31.5 Å². The third-order valence-corrected chi connectivity index (χ3v) is 3.01. The van der Waals surface area contributed by atoms with Crippen LogP contribution in [0.25, 0.3) is 0 Å². The number of nitrogens with one attached hydrogen (secondary N) is 1. The molecule has 20 heavy (non-hydrogen) atoms. The second-order valence-corrected chi connectivity index (χ2v) is 4.67. The fourth-order valence-electron chi connectivity index (χ4n) is 1.64. The van der Waals surface area contributed by atoms with Gasteiger partial charge in [-0.3, -0.25) is 4.79 Å². The maximum atomic E-state index is 13.4. The van der Waals surface area contributed by atoms with Gasteiger partial charge >= 0.3 is 12.0 Å². The number of amides is 2. The zero-order valence-electron chi connectivity index (χ0n) is 11.8. The van der Waals surface area contributed by atoms with Crippen molar-refractivity contribution in [2.75, 3.05) is 18.4 Å². The third-order valence-electron chi connectivity index (χ3n) is 3.01. The van der Waals surface area contributed by atoms with Crippen LogP contribution in [0.1, 0.15) is 19.4 Å². The van der Waals surface area contributed by atoms with Crippen LogP contribution in [-0.4, -0.2) is 35.1 Å². The Kier molecular flexibility index (Phi) is 5.49. The molecule has 0 aliphatic heterocycles. The van der Waals surface area contributed by atoms with E-state index < -0.39 is 23.7 Å². The van der Waals surface area contributed by atoms with Crippen molar-refractivity contribution < 1.29 is 19.1 Å². The monoisotopic (exact) mass is 282 g/mol. The topological polar surface area (TPSA) is 69.6 Å². The molecular weight excluding hydrogens is 263 g/mol. The maximum absolute atomic E-state index is 13.4. The lowest BCUT2D eigenvalue weighted by Crippen LogP contribution is -2.39. The minimum atomic E-state index is -0.961. The Balaban J connectivity index is 2.72. The molecular formula is C14H19FN2O3. The van der Waals surface area contributed by atoms with Crippen LogP contribution in [0.2, 0.25) is 0 Å². The summed E-state index contributed by atoms with van der Waals surface area (Å²) in [5, 5.41) is 11.4. The highest BCUT2D eigenvalue weighted by Gasteiger charge is 2.19. The summed E-state index contributed by atoms with van der Waals surface area (Å²) in [6.45, 7) is 5.39. The number of aliphatic carboxylic acids is 1. The van der Waals surface area contributed by atoms with Gasteiger partial charge in [0.1, 0.15) is 5.82 Å². The van der Waals surface area contributed by atoms with Crippen LogP contribution in [0.3, 0.4) is 0 Å². The van der Waals surface area contributed by atoms with Crippen LogP contribution in [0, 0.1) is 18.7 Å². The number of hydrogen-bond donors (Lipinski definition) is 2. The van der Waals surface area contributed by atoms with Gasteiger partial charge < -0.3 is 15.3 Å². The number of carbonyl (C=O) groups is 2. The molecule has 6 heteroatoms. The summed E-state index contributed by atoms with van der Waals surface area (Å²) in [5.41, 5.74) is 0.842. The SMILES string of the molecule is CCN(CC(C)C(=O)O)C(=O)Nc1ccc(C)c(F)c1. The summed E-state index contributed by atoms with van der Waals surface area (Å²) in [6.07, 6.45) is 0. The maximum Gasteiger partial charge on any atom is 0.321 e. The molecule has 5 nitrogen and oxygen atoms in total. The standard InChI is InChI=1S/C14H19FN2O3/c1-4-17(8-10(3)13(18)19)14(20)16-11-6-5-9(2)12(15)7-11/h5-7,10H,4,8H2,1-3H3,(H,16,20)(H,18,19). The molecule has 0 fully saturated rings. The summed E-state index contributed by atoms with van der Waals surface area (Å²) < 4.78 is 13.4. The average Bonchev–Trinajstić information content (AvgIpc) is 2.39. The van der Waals surface area contributed by atoms with Gasteiger partial charge in [0.15, 0.2) is 0 Å². The molecule has 1 unspecified atom stereocenters. The molecule has 1 aromatic carbocycles. The molecule has 0 saturated carbocycles. The van der Waals surface area contributed by atoms with Crippen molar-refractivity contribution >= 4 is 17.7 Å². The van der Waals surface area contributed by atoms with E-state index in [-0.39, 0.29) is 6.54 Å². The molecule has 0 aromatic heterocycles. The number of nitrogens with zero attached hydrogens (tertiary/aromatic N) is 1. The number of hydrogen-bond acceptors (Lipinski definition) is 2. The number of benzene rings is 1. The van der Waals surface area contributed by atoms with Gasteiger partial charge in [-0.2, -0.15) is 0 Å². The molecule has 0 radical (unpaired) electrons. The Labute approximate surface area is 117 Å². The Morgan fingerprint density at radius 1 is 1.45 bits per heavy atom. The molecule has 1 aromatic rings. The van der Waals surface area contributed by atoms with Crippen LogP contribution in [-0.2, 0) is 4.79 Å². The number of anilines is 1. The minimum Gasteiger partial charge on any atom is -0.481 e. The van der Waals surface area contributed by atoms with Gasteiger partial charge in [0.25, 0.3) is 0 Å². The predicted octanol–water partition coefficient (Wildman–Crippen LogP) is 2.71. The third kappa shape index (κ3) is 4.22. The minimum absolute atomic E-state index is 0.103. The molecule has 2 N–H and O–H groups in total. The zero-order valence-corrected chi connectivity index (χ0v) is 11.8. The lowest BCUT2D eigenvalue weighted by molar-refractivity contribution is -0.141. The fourth-order valence-corrected chi connectivity index (χ4v) is 1.64. The number of carbonyl (C=O) groups excluding carboxylic acids is 1. The Bertz CT molecular complexity index is 505. The molecule has 0 saturated heterocycles. The van der Waals surface area contributed by atoms with Gasteiger partial charge in [-0.15, -0.1) is 0 Å². The van der Waals surface area contributed by atoms with Crippen molar-refractivity contribution in [3.05, 3.63) is 29.6 Å². The van der Waals surface area contributed by atoms with E-state index in [0.717, 1.165) is 0 Å². The number of carboxylic acids is 1. The summed E-state index contributed by atoms with van der Waals surface area (Å²) in [5.74, 6) is -2.02. The van der Waals surface area contributed by atoms with Crippen molar-refractivity contribution in [3.63, 3.8) is 0 Å². The first-order chi connectivity index (χ1) is 9.35. The van der Waals surface area contributed by atoms with Gasteiger partial charge in [0.2, 0.25) is 0 Å². The second-order valence-electron chi connectivity index (χ2n) is 4.67. The first-order valence-corrected chi connectivity index (χ1v) is 6.40. The quantitative estimate of drug-likeness (QED) is 0.872. The van der Waals surface area contributed by atoms with E-state index >= 15 is 0 Å². The molecule has 1 rings (SSSR count). The van der Waals surface area contributed by atoms with Crippen molar-refractivity contribution in [3.8, 4) is 0 Å². The Hall–Kier alpha value is -2.11. The molecule has 0 spiro atoms. The number of carboxylic acid groups (broad SMARTS) is 1. The van der Waals surface area contributed by atoms with E-state index in [9.17, 15) is 14.0 Å². The fraction of sp³-hybridized carbons (Fsp3) is 0.429. The largest absolute Gasteiger partial charge is 0.481 e. The first kappa shape index (κ1) is 15.9. The van der Waals surface area contributed by atoms with E-state index in [4.69, 9.17) is 5.11 Å². The van der Waals surface area contributed by atoms with E-state index in [2.05, 4.69) is 5.32 Å². The van der Waals surface area contributed by atoms with Crippen LogP contribution < -0.4 is 5.32 Å². The molecule has 1 atom stereocenters. The van der Waals surface area contributed by atoms with E-state index in [1.807, 2.05) is 0 Å². The summed E-state index contributed by atoms with van der Waals surface area (Å²) >= 11 is 0. The normalized spacial score (nSPS) is 11.8. The highest BCUT2D eigenvalue weighted by atomic mass is 19.1. The average molecular weight is 282 g/mol. The van der Waals surface area contributed by atoms with Crippen LogP contribution in [0.15, 0.2) is 18.2 Å².